The topological polar surface area (TPSA) is 91.8 Å². The van der Waals surface area contributed by atoms with Crippen LogP contribution >= 0.6 is 27.5 Å². The number of hydrogen-bond acceptors (Lipinski definition) is 6. The van der Waals surface area contributed by atoms with Crippen LogP contribution < -0.4 is 16.1 Å². The zero-order valence-electron chi connectivity index (χ0n) is 13.5. The van der Waals surface area contributed by atoms with Crippen molar-refractivity contribution >= 4 is 50.2 Å². The van der Waals surface area contributed by atoms with E-state index in [1.165, 1.54) is 25.3 Å². The van der Waals surface area contributed by atoms with Gasteiger partial charge in [-0.05, 0) is 24.3 Å². The van der Waals surface area contributed by atoms with Gasteiger partial charge in [-0.25, -0.2) is 9.59 Å². The summed E-state index contributed by atoms with van der Waals surface area (Å²) in [5, 5.41) is 0.885. The highest BCUT2D eigenvalue weighted by Gasteiger charge is 2.17. The van der Waals surface area contributed by atoms with Crippen LogP contribution in [0, 0.1) is 0 Å². The fraction of sp³-hybridized carbons (Fsp3) is 0.111. The number of fused-ring (bicyclic) bond motifs is 1. The van der Waals surface area contributed by atoms with Crippen LogP contribution in [0.5, 0.6) is 5.75 Å². The van der Waals surface area contributed by atoms with E-state index in [1.807, 2.05) is 0 Å². The Morgan fingerprint density at radius 2 is 2.04 bits per heavy atom. The van der Waals surface area contributed by atoms with E-state index >= 15 is 0 Å². The molecule has 6 nitrogen and oxygen atoms in total. The maximum absolute atomic E-state index is 12.4. The minimum atomic E-state index is -0.651. The monoisotopic (exact) mass is 437 g/mol. The molecule has 0 bridgehead atoms. The Morgan fingerprint density at radius 1 is 1.27 bits per heavy atom. The van der Waals surface area contributed by atoms with E-state index in [4.69, 9.17) is 31.2 Å². The van der Waals surface area contributed by atoms with E-state index < -0.39 is 11.6 Å². The molecule has 0 atom stereocenters. The van der Waals surface area contributed by atoms with Gasteiger partial charge in [0.25, 0.3) is 0 Å². The highest BCUT2D eigenvalue weighted by Crippen LogP contribution is 2.30. The number of esters is 1. The number of anilines is 1. The SMILES string of the molecule is COc1cc(N)c(Cl)cc1C(=O)OCc1cc(=O)oc2cc(Br)ccc12. The quantitative estimate of drug-likeness (QED) is 0.374. The van der Waals surface area contributed by atoms with E-state index in [1.54, 1.807) is 18.2 Å². The number of ether oxygens (including phenoxy) is 2. The van der Waals surface area contributed by atoms with Crippen molar-refractivity contribution in [2.45, 2.75) is 6.61 Å². The molecule has 2 aromatic carbocycles. The summed E-state index contributed by atoms with van der Waals surface area (Å²) in [6.07, 6.45) is 0. The molecule has 0 aliphatic carbocycles. The van der Waals surface area contributed by atoms with Crippen molar-refractivity contribution in [2.24, 2.45) is 0 Å². The first kappa shape index (κ1) is 18.3. The normalized spacial score (nSPS) is 10.7. The number of nitrogens with two attached hydrogens (primary N) is 1. The van der Waals surface area contributed by atoms with Crippen molar-refractivity contribution in [1.29, 1.82) is 0 Å². The van der Waals surface area contributed by atoms with Gasteiger partial charge in [-0.1, -0.05) is 27.5 Å². The summed E-state index contributed by atoms with van der Waals surface area (Å²) in [4.78, 5) is 24.2. The van der Waals surface area contributed by atoms with Crippen LogP contribution in [0.15, 0.2) is 50.1 Å². The summed E-state index contributed by atoms with van der Waals surface area (Å²) in [6.45, 7) is -0.117. The minimum absolute atomic E-state index is 0.117. The molecule has 0 fully saturated rings. The number of methoxy groups -OCH3 is 1. The van der Waals surface area contributed by atoms with Gasteiger partial charge in [0.2, 0.25) is 0 Å². The van der Waals surface area contributed by atoms with Gasteiger partial charge in [0.1, 0.15) is 23.5 Å². The molecule has 0 saturated heterocycles. The minimum Gasteiger partial charge on any atom is -0.496 e. The predicted octanol–water partition coefficient (Wildman–Crippen LogP) is 4.16. The van der Waals surface area contributed by atoms with Crippen LogP contribution in [-0.2, 0) is 11.3 Å². The third kappa shape index (κ3) is 3.68. The zero-order valence-corrected chi connectivity index (χ0v) is 15.9. The van der Waals surface area contributed by atoms with Crippen molar-refractivity contribution in [2.75, 3.05) is 12.8 Å². The molecule has 3 rings (SSSR count). The fourth-order valence-corrected chi connectivity index (χ4v) is 2.95. The molecule has 2 N–H and O–H groups in total. The second-order valence-corrected chi connectivity index (χ2v) is 6.70. The summed E-state index contributed by atoms with van der Waals surface area (Å²) in [5.41, 5.74) is 6.53. The largest absolute Gasteiger partial charge is 0.496 e. The van der Waals surface area contributed by atoms with Gasteiger partial charge in [0, 0.05) is 27.6 Å². The Bertz CT molecular complexity index is 1060. The first-order valence-electron chi connectivity index (χ1n) is 7.41. The number of carbonyl (C=O) groups is 1. The average molecular weight is 439 g/mol. The second kappa shape index (κ2) is 7.39. The molecule has 3 aromatic rings. The van der Waals surface area contributed by atoms with Crippen LogP contribution in [-0.4, -0.2) is 13.1 Å². The van der Waals surface area contributed by atoms with E-state index in [-0.39, 0.29) is 28.6 Å². The maximum Gasteiger partial charge on any atom is 0.342 e. The molecule has 8 heteroatoms. The van der Waals surface area contributed by atoms with Crippen molar-refractivity contribution in [3.63, 3.8) is 0 Å². The molecule has 0 unspecified atom stereocenters. The molecule has 0 radical (unpaired) electrons. The molecule has 0 aliphatic heterocycles. The average Bonchev–Trinajstić information content (AvgIpc) is 2.60. The molecule has 0 spiro atoms. The van der Waals surface area contributed by atoms with Gasteiger partial charge < -0.3 is 19.6 Å². The lowest BCUT2D eigenvalue weighted by atomic mass is 10.1. The van der Waals surface area contributed by atoms with Crippen molar-refractivity contribution in [3.05, 3.63) is 67.4 Å². The highest BCUT2D eigenvalue weighted by molar-refractivity contribution is 9.10. The molecule has 1 aromatic heterocycles. The lowest BCUT2D eigenvalue weighted by molar-refractivity contribution is 0.0470. The second-order valence-electron chi connectivity index (χ2n) is 5.38. The van der Waals surface area contributed by atoms with Gasteiger partial charge >= 0.3 is 11.6 Å². The predicted molar refractivity (Wildman–Crippen MR) is 102 cm³/mol. The zero-order chi connectivity index (χ0) is 18.8. The van der Waals surface area contributed by atoms with Gasteiger partial charge in [0.15, 0.2) is 0 Å². The van der Waals surface area contributed by atoms with Crippen LogP contribution in [0.4, 0.5) is 5.69 Å². The first-order valence-corrected chi connectivity index (χ1v) is 8.58. The summed E-state index contributed by atoms with van der Waals surface area (Å²) in [7, 11) is 1.41. The summed E-state index contributed by atoms with van der Waals surface area (Å²) in [6, 6.07) is 9.36. The molecular formula is C18H13BrClNO5. The number of carbonyl (C=O) groups excluding carboxylic acids is 1. The standard InChI is InChI=1S/C18H13BrClNO5/c1-24-15-7-14(21)13(20)6-12(15)18(23)25-8-9-4-17(22)26-16-5-10(19)2-3-11(9)16/h2-7H,8,21H2,1H3. The van der Waals surface area contributed by atoms with E-state index in [9.17, 15) is 9.59 Å². The maximum atomic E-state index is 12.4. The molecule has 0 aliphatic rings. The van der Waals surface area contributed by atoms with Crippen LogP contribution in [0.25, 0.3) is 11.0 Å². The molecule has 0 saturated carbocycles. The van der Waals surface area contributed by atoms with Gasteiger partial charge in [0.05, 0.1) is 17.8 Å². The molecular weight excluding hydrogens is 426 g/mol. The smallest absolute Gasteiger partial charge is 0.342 e. The number of nitrogen functional groups attached to an aromatic ring is 1. The van der Waals surface area contributed by atoms with Gasteiger partial charge in [-0.15, -0.1) is 0 Å². The molecule has 1 heterocycles. The summed E-state index contributed by atoms with van der Waals surface area (Å²) < 4.78 is 16.4. The summed E-state index contributed by atoms with van der Waals surface area (Å²) in [5.74, 6) is -0.402. The third-order valence-corrected chi connectivity index (χ3v) is 4.51. The van der Waals surface area contributed by atoms with E-state index in [0.29, 0.717) is 16.5 Å². The van der Waals surface area contributed by atoms with Crippen molar-refractivity contribution < 1.29 is 18.7 Å². The lowest BCUT2D eigenvalue weighted by Gasteiger charge is -2.11. The Balaban J connectivity index is 1.90. The van der Waals surface area contributed by atoms with Crippen LogP contribution in [0.3, 0.4) is 0 Å². The fourth-order valence-electron chi connectivity index (χ4n) is 2.44. The van der Waals surface area contributed by atoms with Gasteiger partial charge in [-0.2, -0.15) is 0 Å². The van der Waals surface area contributed by atoms with E-state index in [2.05, 4.69) is 15.9 Å². The molecule has 0 amide bonds. The van der Waals surface area contributed by atoms with Gasteiger partial charge in [-0.3, -0.25) is 0 Å². The Labute approximate surface area is 161 Å². The third-order valence-electron chi connectivity index (χ3n) is 3.69. The van der Waals surface area contributed by atoms with Crippen molar-refractivity contribution in [1.82, 2.24) is 0 Å². The first-order chi connectivity index (χ1) is 12.4. The molecule has 134 valence electrons. The Morgan fingerprint density at radius 3 is 2.77 bits per heavy atom. The van der Waals surface area contributed by atoms with Crippen molar-refractivity contribution in [3.8, 4) is 5.75 Å². The Kier molecular flexibility index (Phi) is 5.20. The highest BCUT2D eigenvalue weighted by atomic mass is 79.9. The Hall–Kier alpha value is -2.51. The number of benzene rings is 2. The molecule has 26 heavy (non-hydrogen) atoms. The number of halogens is 2. The number of hydrogen-bond donors (Lipinski definition) is 1. The summed E-state index contributed by atoms with van der Waals surface area (Å²) >= 11 is 9.29. The van der Waals surface area contributed by atoms with Crippen LogP contribution in [0.2, 0.25) is 5.02 Å². The number of rotatable bonds is 4. The van der Waals surface area contributed by atoms with Crippen LogP contribution in [0.1, 0.15) is 15.9 Å². The van der Waals surface area contributed by atoms with E-state index in [0.717, 1.165) is 4.47 Å². The lowest BCUT2D eigenvalue weighted by Crippen LogP contribution is -2.09.